The molecule has 3 heteroatoms. The van der Waals surface area contributed by atoms with Gasteiger partial charge >= 0.3 is 0 Å². The van der Waals surface area contributed by atoms with Crippen molar-refractivity contribution in [2.24, 2.45) is 0 Å². The van der Waals surface area contributed by atoms with Crippen molar-refractivity contribution in [3.05, 3.63) is 24.3 Å². The molecule has 0 aliphatic heterocycles. The first kappa shape index (κ1) is 10.1. The first-order chi connectivity index (χ1) is 6.22. The first-order valence-corrected chi connectivity index (χ1v) is 4.97. The van der Waals surface area contributed by atoms with Crippen molar-refractivity contribution < 1.29 is 9.53 Å². The Kier molecular flexibility index (Phi) is 3.83. The molecule has 0 atom stereocenters. The minimum atomic E-state index is 0.185. The molecule has 70 valence electrons. The van der Waals surface area contributed by atoms with E-state index in [1.807, 2.05) is 38.1 Å². The lowest BCUT2D eigenvalue weighted by Crippen LogP contribution is -2.04. The van der Waals surface area contributed by atoms with Crippen LogP contribution in [0.25, 0.3) is 0 Å². The van der Waals surface area contributed by atoms with Crippen molar-refractivity contribution in [3.8, 4) is 5.75 Å². The molecule has 0 aliphatic carbocycles. The Bertz CT molecular complexity index is 267. The molecule has 0 fully saturated rings. The van der Waals surface area contributed by atoms with Gasteiger partial charge in [0.15, 0.2) is 5.62 Å². The van der Waals surface area contributed by atoms with Gasteiger partial charge in [0.2, 0.25) is 0 Å². The Balaban J connectivity index is 2.63. The van der Waals surface area contributed by atoms with Crippen LogP contribution in [0.15, 0.2) is 29.2 Å². The minimum absolute atomic E-state index is 0.185. The quantitative estimate of drug-likeness (QED) is 0.547. The second-order valence-corrected chi connectivity index (χ2v) is 3.75. The van der Waals surface area contributed by atoms with E-state index in [0.717, 1.165) is 16.3 Å². The van der Waals surface area contributed by atoms with Gasteiger partial charge in [-0.2, -0.15) is 0 Å². The van der Waals surface area contributed by atoms with Crippen LogP contribution in [-0.2, 0) is 4.79 Å². The molecule has 0 N–H and O–H groups in total. The van der Waals surface area contributed by atoms with Gasteiger partial charge in [-0.15, -0.1) is 0 Å². The van der Waals surface area contributed by atoms with Crippen LogP contribution in [0.5, 0.6) is 5.75 Å². The molecule has 0 amide bonds. The monoisotopic (exact) mass is 196 g/mol. The highest BCUT2D eigenvalue weighted by atomic mass is 32.2. The van der Waals surface area contributed by atoms with Crippen LogP contribution in [0.2, 0.25) is 0 Å². The zero-order valence-electron chi connectivity index (χ0n) is 7.69. The summed E-state index contributed by atoms with van der Waals surface area (Å²) in [5, 5.41) is 0. The number of carbonyl (C=O) groups is 1. The third-order valence-corrected chi connectivity index (χ3v) is 2.02. The highest BCUT2D eigenvalue weighted by Gasteiger charge is 1.97. The smallest absolute Gasteiger partial charge is 0.180 e. The molecular formula is C10H12O2S. The second kappa shape index (κ2) is 4.92. The summed E-state index contributed by atoms with van der Waals surface area (Å²) in [5.41, 5.74) is 0.818. The molecule has 0 aromatic heterocycles. The number of hydrogen-bond donors (Lipinski definition) is 0. The number of ether oxygens (including phenoxy) is 1. The summed E-state index contributed by atoms with van der Waals surface area (Å²) < 4.78 is 5.45. The van der Waals surface area contributed by atoms with Gasteiger partial charge in [-0.3, -0.25) is 4.79 Å². The van der Waals surface area contributed by atoms with E-state index in [0.29, 0.717) is 0 Å². The van der Waals surface area contributed by atoms with Gasteiger partial charge in [0.25, 0.3) is 0 Å². The summed E-state index contributed by atoms with van der Waals surface area (Å²) in [7, 11) is 0. The van der Waals surface area contributed by atoms with E-state index in [9.17, 15) is 4.79 Å². The molecule has 1 rings (SSSR count). The zero-order chi connectivity index (χ0) is 9.68. The number of hydrogen-bond acceptors (Lipinski definition) is 3. The van der Waals surface area contributed by atoms with Gasteiger partial charge in [-0.25, -0.2) is 0 Å². The van der Waals surface area contributed by atoms with E-state index in [1.165, 1.54) is 11.8 Å². The highest BCUT2D eigenvalue weighted by molar-refractivity contribution is 8.11. The van der Waals surface area contributed by atoms with Gasteiger partial charge in [-0.1, -0.05) is 11.8 Å². The average Bonchev–Trinajstić information content (AvgIpc) is 2.08. The summed E-state index contributed by atoms with van der Waals surface area (Å²) in [5.74, 6) is 0.838. The van der Waals surface area contributed by atoms with Crippen LogP contribution >= 0.6 is 11.8 Å². The fraction of sp³-hybridized carbons (Fsp3) is 0.300. The Morgan fingerprint density at radius 3 is 2.38 bits per heavy atom. The van der Waals surface area contributed by atoms with Gasteiger partial charge in [0.05, 0.1) is 6.10 Å². The van der Waals surface area contributed by atoms with Gasteiger partial charge in [0, 0.05) is 4.90 Å². The van der Waals surface area contributed by atoms with Crippen LogP contribution in [0.1, 0.15) is 13.8 Å². The summed E-state index contributed by atoms with van der Waals surface area (Å²) in [6.07, 6.45) is 0.185. The number of carbonyl (C=O) groups excluding carboxylic acids is 1. The zero-order valence-corrected chi connectivity index (χ0v) is 8.51. The molecule has 13 heavy (non-hydrogen) atoms. The van der Waals surface area contributed by atoms with Crippen LogP contribution < -0.4 is 4.74 Å². The Morgan fingerprint density at radius 2 is 1.92 bits per heavy atom. The number of rotatable bonds is 4. The molecule has 1 aromatic carbocycles. The molecule has 0 spiro atoms. The number of benzene rings is 1. The van der Waals surface area contributed by atoms with Crippen LogP contribution in [-0.4, -0.2) is 11.7 Å². The molecule has 0 bridgehead atoms. The molecule has 2 nitrogen and oxygen atoms in total. The predicted molar refractivity (Wildman–Crippen MR) is 54.8 cm³/mol. The maximum Gasteiger partial charge on any atom is 0.180 e. The Morgan fingerprint density at radius 1 is 1.31 bits per heavy atom. The summed E-state index contributed by atoms with van der Waals surface area (Å²) in [4.78, 5) is 11.1. The number of thioether (sulfide) groups is 1. The van der Waals surface area contributed by atoms with Crippen molar-refractivity contribution in [1.82, 2.24) is 0 Å². The summed E-state index contributed by atoms with van der Waals surface area (Å²) >= 11 is 1.17. The summed E-state index contributed by atoms with van der Waals surface area (Å²) in [6.45, 7) is 3.96. The van der Waals surface area contributed by atoms with Gasteiger partial charge in [-0.05, 0) is 38.1 Å². The van der Waals surface area contributed by atoms with Crippen molar-refractivity contribution in [1.29, 1.82) is 0 Å². The topological polar surface area (TPSA) is 26.3 Å². The third kappa shape index (κ3) is 3.51. The van der Waals surface area contributed by atoms with Gasteiger partial charge in [0.1, 0.15) is 5.75 Å². The lowest BCUT2D eigenvalue weighted by atomic mass is 10.3. The SMILES string of the molecule is CC(C)Oc1ccc(SC=O)cc1. The van der Waals surface area contributed by atoms with Gasteiger partial charge < -0.3 is 4.74 Å². The highest BCUT2D eigenvalue weighted by Crippen LogP contribution is 2.19. The van der Waals surface area contributed by atoms with Crippen molar-refractivity contribution in [2.45, 2.75) is 24.8 Å². The predicted octanol–water partition coefficient (Wildman–Crippen LogP) is 2.76. The fourth-order valence-electron chi connectivity index (χ4n) is 0.924. The first-order valence-electron chi connectivity index (χ1n) is 4.09. The molecule has 0 unspecified atom stereocenters. The fourth-order valence-corrected chi connectivity index (χ4v) is 1.33. The largest absolute Gasteiger partial charge is 0.491 e. The molecule has 1 aromatic rings. The second-order valence-electron chi connectivity index (χ2n) is 2.85. The van der Waals surface area contributed by atoms with Crippen molar-refractivity contribution >= 4 is 17.4 Å². The molecule has 0 aliphatic rings. The van der Waals surface area contributed by atoms with E-state index in [-0.39, 0.29) is 6.10 Å². The van der Waals surface area contributed by atoms with Crippen LogP contribution in [0, 0.1) is 0 Å². The van der Waals surface area contributed by atoms with E-state index in [1.54, 1.807) is 0 Å². The maximum atomic E-state index is 10.2. The lowest BCUT2D eigenvalue weighted by molar-refractivity contribution is 0.242. The van der Waals surface area contributed by atoms with E-state index in [2.05, 4.69) is 0 Å². The normalized spacial score (nSPS) is 10.1. The maximum absolute atomic E-state index is 10.2. The lowest BCUT2D eigenvalue weighted by Gasteiger charge is -2.09. The van der Waals surface area contributed by atoms with E-state index >= 15 is 0 Å². The van der Waals surface area contributed by atoms with Crippen LogP contribution in [0.3, 0.4) is 0 Å². The Labute approximate surface area is 82.3 Å². The molecular weight excluding hydrogens is 184 g/mol. The van der Waals surface area contributed by atoms with Crippen molar-refractivity contribution in [2.75, 3.05) is 0 Å². The standard InChI is InChI=1S/C10H12O2S/c1-8(2)12-9-3-5-10(6-4-9)13-7-11/h3-8H,1-2H3. The molecule has 0 saturated carbocycles. The Hall–Kier alpha value is -0.960. The third-order valence-electron chi connectivity index (χ3n) is 1.38. The average molecular weight is 196 g/mol. The van der Waals surface area contributed by atoms with Crippen LogP contribution in [0.4, 0.5) is 0 Å². The van der Waals surface area contributed by atoms with E-state index in [4.69, 9.17) is 4.74 Å². The van der Waals surface area contributed by atoms with E-state index < -0.39 is 0 Å². The van der Waals surface area contributed by atoms with Crippen molar-refractivity contribution in [3.63, 3.8) is 0 Å². The molecule has 0 saturated heterocycles. The minimum Gasteiger partial charge on any atom is -0.491 e. The summed E-state index contributed by atoms with van der Waals surface area (Å²) in [6, 6.07) is 7.48. The molecule has 0 heterocycles. The molecule has 0 radical (unpaired) electrons.